The van der Waals surface area contributed by atoms with Gasteiger partial charge in [-0.25, -0.2) is 0 Å². The third-order valence-corrected chi connectivity index (χ3v) is 13.8. The van der Waals surface area contributed by atoms with Crippen LogP contribution in [0.25, 0.3) is 16.7 Å². The van der Waals surface area contributed by atoms with Gasteiger partial charge in [-0.3, -0.25) is 0 Å². The lowest BCUT2D eigenvalue weighted by Crippen LogP contribution is -2.35. The summed E-state index contributed by atoms with van der Waals surface area (Å²) in [5.41, 5.74) is 11.1. The maximum atomic E-state index is 6.85. The molecule has 1 spiro atoms. The van der Waals surface area contributed by atoms with Gasteiger partial charge in [0.2, 0.25) is 0 Å². The molecule has 2 aliphatic heterocycles. The molecule has 3 aliphatic carbocycles. The van der Waals surface area contributed by atoms with E-state index >= 15 is 0 Å². The predicted octanol–water partition coefficient (Wildman–Crippen LogP) is 10.3. The molecule has 0 aromatic heterocycles. The zero-order chi connectivity index (χ0) is 42.1. The van der Waals surface area contributed by atoms with E-state index in [1.165, 1.54) is 27.7 Å². The first-order valence-electron chi connectivity index (χ1n) is 23.1. The molecule has 0 amide bonds. The normalized spacial score (nSPS) is 22.3. The third kappa shape index (κ3) is 7.95. The van der Waals surface area contributed by atoms with Crippen molar-refractivity contribution in [2.45, 2.75) is 99.8 Å². The standard InChI is InChI=1S/C50H66B2O8/c1-10-31(5)27-53-45-23-39-40-24-46(54-28-32(6)11-2)48(56-30-34(8)13-4)26-43(40)50(42(39)25-47(45)55-29-33(7)12-3)41-21-36(51-57-16-17-58-51)14-15-38(41)49-35(9)20-37(22-44(49)50)52-59-18-19-60-52/h14-15,21-26,31-35H,10-13,16-20,27-30H2,1-9H3. The van der Waals surface area contributed by atoms with Crippen molar-refractivity contribution >= 4 is 25.3 Å². The molecule has 60 heavy (non-hydrogen) atoms. The minimum Gasteiger partial charge on any atom is -0.489 e. The molecule has 5 unspecified atom stereocenters. The van der Waals surface area contributed by atoms with Gasteiger partial charge >= 0.3 is 14.2 Å². The molecule has 5 aliphatic rings. The van der Waals surface area contributed by atoms with Crippen LogP contribution >= 0.6 is 0 Å². The van der Waals surface area contributed by atoms with Crippen molar-refractivity contribution in [1.82, 2.24) is 0 Å². The van der Waals surface area contributed by atoms with Crippen LogP contribution < -0.4 is 24.4 Å². The van der Waals surface area contributed by atoms with Crippen LogP contribution in [0.3, 0.4) is 0 Å². The van der Waals surface area contributed by atoms with Crippen LogP contribution in [0.4, 0.5) is 0 Å². The lowest BCUT2D eigenvalue weighted by atomic mass is 9.63. The Bertz CT molecular complexity index is 2000. The van der Waals surface area contributed by atoms with Gasteiger partial charge in [0.05, 0.1) is 58.3 Å². The average Bonchev–Trinajstić information content (AvgIpc) is 4.10. The number of hydrogen-bond donors (Lipinski definition) is 0. The van der Waals surface area contributed by atoms with Crippen LogP contribution in [0, 0.1) is 29.6 Å². The van der Waals surface area contributed by atoms with E-state index in [0.717, 1.165) is 82.8 Å². The van der Waals surface area contributed by atoms with Crippen molar-refractivity contribution in [3.63, 3.8) is 0 Å². The van der Waals surface area contributed by atoms with E-state index in [1.807, 2.05) is 0 Å². The molecule has 3 aromatic rings. The van der Waals surface area contributed by atoms with Crippen LogP contribution in [-0.4, -0.2) is 67.1 Å². The molecule has 2 saturated heterocycles. The summed E-state index contributed by atoms with van der Waals surface area (Å²) in [6, 6.07) is 16.0. The Labute approximate surface area is 360 Å². The second-order valence-corrected chi connectivity index (χ2v) is 18.3. The maximum Gasteiger partial charge on any atom is 0.494 e. The lowest BCUT2D eigenvalue weighted by molar-refractivity contribution is 0.217. The van der Waals surface area contributed by atoms with Crippen molar-refractivity contribution in [3.05, 3.63) is 81.8 Å². The van der Waals surface area contributed by atoms with Crippen molar-refractivity contribution in [3.8, 4) is 34.1 Å². The molecule has 10 heteroatoms. The van der Waals surface area contributed by atoms with Crippen molar-refractivity contribution in [2.75, 3.05) is 52.9 Å². The molecule has 3 aromatic carbocycles. The van der Waals surface area contributed by atoms with Crippen LogP contribution in [0.1, 0.15) is 117 Å². The van der Waals surface area contributed by atoms with Crippen LogP contribution in [0.5, 0.6) is 23.0 Å². The fourth-order valence-electron chi connectivity index (χ4n) is 9.21. The Morgan fingerprint density at radius 3 is 1.43 bits per heavy atom. The van der Waals surface area contributed by atoms with Gasteiger partial charge in [0.1, 0.15) is 0 Å². The van der Waals surface area contributed by atoms with Crippen LogP contribution in [0.15, 0.2) is 59.6 Å². The average molecular weight is 817 g/mol. The van der Waals surface area contributed by atoms with E-state index in [-0.39, 0.29) is 13.0 Å². The smallest absolute Gasteiger partial charge is 0.489 e. The van der Waals surface area contributed by atoms with Gasteiger partial charge in [0.15, 0.2) is 23.0 Å². The first-order chi connectivity index (χ1) is 29.1. The molecule has 8 rings (SSSR count). The predicted molar refractivity (Wildman–Crippen MR) is 242 cm³/mol. The van der Waals surface area contributed by atoms with E-state index in [2.05, 4.69) is 111 Å². The minimum atomic E-state index is -0.740. The molecular formula is C50H66B2O8. The summed E-state index contributed by atoms with van der Waals surface area (Å²) in [5, 5.41) is 0. The molecule has 0 N–H and O–H groups in total. The molecule has 0 saturated carbocycles. The van der Waals surface area contributed by atoms with Gasteiger partial charge in [-0.15, -0.1) is 0 Å². The summed E-state index contributed by atoms with van der Waals surface area (Å²) in [6.07, 6.45) is 7.37. The monoisotopic (exact) mass is 816 g/mol. The summed E-state index contributed by atoms with van der Waals surface area (Å²) in [6.45, 7) is 24.9. The first kappa shape index (κ1) is 43.0. The number of fused-ring (bicyclic) bond motifs is 9. The fourth-order valence-corrected chi connectivity index (χ4v) is 9.21. The maximum absolute atomic E-state index is 6.85. The zero-order valence-corrected chi connectivity index (χ0v) is 37.6. The molecule has 320 valence electrons. The largest absolute Gasteiger partial charge is 0.494 e. The Morgan fingerprint density at radius 2 is 0.983 bits per heavy atom. The molecule has 2 heterocycles. The van der Waals surface area contributed by atoms with Gasteiger partial charge in [0, 0.05) is 0 Å². The van der Waals surface area contributed by atoms with Gasteiger partial charge in [-0.1, -0.05) is 112 Å². The third-order valence-electron chi connectivity index (χ3n) is 13.8. The van der Waals surface area contributed by atoms with Gasteiger partial charge in [-0.05, 0) is 116 Å². The molecule has 8 nitrogen and oxygen atoms in total. The number of hydrogen-bond acceptors (Lipinski definition) is 8. The van der Waals surface area contributed by atoms with E-state index < -0.39 is 12.5 Å². The van der Waals surface area contributed by atoms with Crippen LogP contribution in [0.2, 0.25) is 0 Å². The fraction of sp³-hybridized carbons (Fsp3) is 0.560. The van der Waals surface area contributed by atoms with E-state index in [4.69, 9.17) is 37.6 Å². The zero-order valence-electron chi connectivity index (χ0n) is 37.6. The highest BCUT2D eigenvalue weighted by Crippen LogP contribution is 2.66. The van der Waals surface area contributed by atoms with E-state index in [1.54, 1.807) is 0 Å². The number of ether oxygens (including phenoxy) is 4. The number of rotatable bonds is 18. The topological polar surface area (TPSA) is 73.8 Å². The Morgan fingerprint density at radius 1 is 0.567 bits per heavy atom. The second-order valence-electron chi connectivity index (χ2n) is 18.3. The van der Waals surface area contributed by atoms with Crippen molar-refractivity contribution < 1.29 is 37.6 Å². The Hall–Kier alpha value is -3.69. The van der Waals surface area contributed by atoms with Gasteiger partial charge in [-0.2, -0.15) is 0 Å². The summed E-state index contributed by atoms with van der Waals surface area (Å²) in [5.74, 6) is 4.86. The quantitative estimate of drug-likeness (QED) is 0.118. The molecule has 0 radical (unpaired) electrons. The first-order valence-corrected chi connectivity index (χ1v) is 23.1. The molecule has 2 fully saturated rings. The highest BCUT2D eigenvalue weighted by molar-refractivity contribution is 6.61. The van der Waals surface area contributed by atoms with Gasteiger partial charge in [0.25, 0.3) is 0 Å². The number of allylic oxidation sites excluding steroid dienone is 4. The van der Waals surface area contributed by atoms with E-state index in [9.17, 15) is 0 Å². The lowest BCUT2D eigenvalue weighted by Gasteiger charge is -2.35. The summed E-state index contributed by atoms with van der Waals surface area (Å²) < 4.78 is 52.0. The van der Waals surface area contributed by atoms with E-state index in [0.29, 0.717) is 76.5 Å². The Balaban J connectivity index is 1.44. The molecular weight excluding hydrogens is 750 g/mol. The summed E-state index contributed by atoms with van der Waals surface area (Å²) in [7, 11) is -0.791. The Kier molecular flexibility index (Phi) is 13.1. The van der Waals surface area contributed by atoms with Crippen molar-refractivity contribution in [2.24, 2.45) is 29.6 Å². The summed E-state index contributed by atoms with van der Waals surface area (Å²) >= 11 is 0. The highest BCUT2D eigenvalue weighted by Gasteiger charge is 2.56. The summed E-state index contributed by atoms with van der Waals surface area (Å²) in [4.78, 5) is 0. The highest BCUT2D eigenvalue weighted by atomic mass is 16.6. The van der Waals surface area contributed by atoms with Crippen molar-refractivity contribution in [1.29, 1.82) is 0 Å². The van der Waals surface area contributed by atoms with Gasteiger partial charge < -0.3 is 37.6 Å². The molecule has 0 bridgehead atoms. The minimum absolute atomic E-state index is 0.210. The SMILES string of the molecule is CCC(C)COc1cc2c(cc1OCC(C)CC)C1(C3=C(c4ccc(B5OCCO5)cc41)C(C)CC(B1OCCO1)=C3)c1cc(OCC(C)CC)c(OCC(C)CC)cc1-2. The number of benzene rings is 3. The second kappa shape index (κ2) is 18.3. The molecule has 5 atom stereocenters. The van der Waals surface area contributed by atoms with Crippen LogP contribution in [-0.2, 0) is 24.0 Å².